The molecule has 0 spiro atoms. The van der Waals surface area contributed by atoms with Crippen LogP contribution in [0.25, 0.3) is 0 Å². The molecule has 0 radical (unpaired) electrons. The van der Waals surface area contributed by atoms with Gasteiger partial charge in [-0.1, -0.05) is 18.9 Å². The molecule has 20 heavy (non-hydrogen) atoms. The summed E-state index contributed by atoms with van der Waals surface area (Å²) < 4.78 is 26.3. The first-order chi connectivity index (χ1) is 9.60. The average molecular weight is 282 g/mol. The Morgan fingerprint density at radius 3 is 2.65 bits per heavy atom. The van der Waals surface area contributed by atoms with Crippen LogP contribution in [0.4, 0.5) is 8.78 Å². The molecule has 1 fully saturated rings. The normalized spacial score (nSPS) is 17.1. The van der Waals surface area contributed by atoms with Crippen molar-refractivity contribution in [3.8, 4) is 0 Å². The van der Waals surface area contributed by atoms with E-state index in [2.05, 4.69) is 5.32 Å². The Hall–Kier alpha value is -1.49. The monoisotopic (exact) mass is 282 g/mol. The van der Waals surface area contributed by atoms with E-state index in [4.69, 9.17) is 5.73 Å². The van der Waals surface area contributed by atoms with Crippen LogP contribution in [-0.2, 0) is 11.2 Å². The van der Waals surface area contributed by atoms with Gasteiger partial charge in [-0.3, -0.25) is 4.79 Å². The van der Waals surface area contributed by atoms with Crippen LogP contribution in [0.5, 0.6) is 0 Å². The molecule has 1 aromatic rings. The smallest absolute Gasteiger partial charge is 0.224 e. The number of nitrogens with two attached hydrogens (primary N) is 1. The summed E-state index contributed by atoms with van der Waals surface area (Å²) >= 11 is 0. The van der Waals surface area contributed by atoms with E-state index in [9.17, 15) is 13.6 Å². The molecule has 110 valence electrons. The number of carbonyl (C=O) groups is 1. The summed E-state index contributed by atoms with van der Waals surface area (Å²) in [6.07, 6.45) is 4.41. The Morgan fingerprint density at radius 1 is 1.35 bits per heavy atom. The van der Waals surface area contributed by atoms with Crippen LogP contribution in [0, 0.1) is 17.6 Å². The van der Waals surface area contributed by atoms with Crippen LogP contribution in [0.15, 0.2) is 18.2 Å². The second-order valence-electron chi connectivity index (χ2n) is 5.37. The quantitative estimate of drug-likeness (QED) is 0.869. The molecule has 1 aromatic carbocycles. The van der Waals surface area contributed by atoms with E-state index in [1.807, 2.05) is 0 Å². The third kappa shape index (κ3) is 3.76. The highest BCUT2D eigenvalue weighted by atomic mass is 19.1. The fourth-order valence-corrected chi connectivity index (χ4v) is 2.82. The number of benzene rings is 1. The highest BCUT2D eigenvalue weighted by molar-refractivity contribution is 5.79. The zero-order valence-electron chi connectivity index (χ0n) is 11.4. The second kappa shape index (κ2) is 6.79. The first-order valence-corrected chi connectivity index (χ1v) is 7.03. The molecule has 1 saturated carbocycles. The Morgan fingerprint density at radius 2 is 2.05 bits per heavy atom. The minimum atomic E-state index is -0.690. The van der Waals surface area contributed by atoms with Gasteiger partial charge in [0, 0.05) is 18.7 Å². The van der Waals surface area contributed by atoms with Gasteiger partial charge in [-0.05, 0) is 30.4 Å². The summed E-state index contributed by atoms with van der Waals surface area (Å²) in [6.45, 7) is 0.391. The summed E-state index contributed by atoms with van der Waals surface area (Å²) in [7, 11) is 0. The molecule has 0 saturated heterocycles. The summed E-state index contributed by atoms with van der Waals surface area (Å²) in [5.74, 6) is -1.18. The van der Waals surface area contributed by atoms with E-state index < -0.39 is 11.6 Å². The van der Waals surface area contributed by atoms with E-state index in [-0.39, 0.29) is 23.9 Å². The first kappa shape index (κ1) is 14.9. The minimum absolute atomic E-state index is 0.0477. The number of hydrogen-bond acceptors (Lipinski definition) is 2. The fraction of sp³-hybridized carbons (Fsp3) is 0.533. The molecule has 0 bridgehead atoms. The maximum Gasteiger partial charge on any atom is 0.224 e. The van der Waals surface area contributed by atoms with E-state index in [1.54, 1.807) is 0 Å². The Kier molecular flexibility index (Phi) is 5.06. The number of carbonyl (C=O) groups excluding carboxylic acids is 1. The van der Waals surface area contributed by atoms with Crippen molar-refractivity contribution < 1.29 is 13.6 Å². The molecule has 1 atom stereocenters. The van der Waals surface area contributed by atoms with E-state index in [0.29, 0.717) is 12.5 Å². The summed E-state index contributed by atoms with van der Waals surface area (Å²) in [5.41, 5.74) is 5.91. The van der Waals surface area contributed by atoms with E-state index >= 15 is 0 Å². The van der Waals surface area contributed by atoms with Gasteiger partial charge >= 0.3 is 0 Å². The summed E-state index contributed by atoms with van der Waals surface area (Å²) in [5, 5.41) is 2.87. The van der Waals surface area contributed by atoms with Gasteiger partial charge in [0.2, 0.25) is 5.91 Å². The fourth-order valence-electron chi connectivity index (χ4n) is 2.82. The molecule has 3 N–H and O–H groups in total. The van der Waals surface area contributed by atoms with E-state index in [0.717, 1.165) is 25.0 Å². The lowest BCUT2D eigenvalue weighted by Crippen LogP contribution is -2.45. The summed E-state index contributed by atoms with van der Waals surface area (Å²) in [4.78, 5) is 11.9. The standard InChI is InChI=1S/C15H20F2N2O/c16-12-6-5-11(13(17)8-12)7-15(20)19-14(9-18)10-3-1-2-4-10/h5-6,8,10,14H,1-4,7,9,18H2,(H,19,20). The number of amides is 1. The highest BCUT2D eigenvalue weighted by Gasteiger charge is 2.25. The van der Waals surface area contributed by atoms with Crippen LogP contribution in [0.3, 0.4) is 0 Å². The van der Waals surface area contributed by atoms with Gasteiger partial charge in [0.15, 0.2) is 0 Å². The van der Waals surface area contributed by atoms with E-state index in [1.165, 1.54) is 18.9 Å². The largest absolute Gasteiger partial charge is 0.352 e. The van der Waals surface area contributed by atoms with Crippen LogP contribution in [0.1, 0.15) is 31.2 Å². The lowest BCUT2D eigenvalue weighted by molar-refractivity contribution is -0.121. The lowest BCUT2D eigenvalue weighted by Gasteiger charge is -2.23. The van der Waals surface area contributed by atoms with Crippen molar-refractivity contribution in [1.82, 2.24) is 5.32 Å². The Labute approximate surface area is 117 Å². The van der Waals surface area contributed by atoms with Gasteiger partial charge in [-0.25, -0.2) is 8.78 Å². The molecule has 1 aliphatic carbocycles. The van der Waals surface area contributed by atoms with Crippen molar-refractivity contribution in [2.75, 3.05) is 6.54 Å². The van der Waals surface area contributed by atoms with Gasteiger partial charge in [0.1, 0.15) is 11.6 Å². The van der Waals surface area contributed by atoms with Crippen molar-refractivity contribution in [3.05, 3.63) is 35.4 Å². The Bertz CT molecular complexity index is 473. The van der Waals surface area contributed by atoms with Crippen molar-refractivity contribution in [3.63, 3.8) is 0 Å². The van der Waals surface area contributed by atoms with Crippen molar-refractivity contribution >= 4 is 5.91 Å². The maximum atomic E-state index is 13.5. The molecule has 1 unspecified atom stereocenters. The zero-order valence-corrected chi connectivity index (χ0v) is 11.4. The predicted molar refractivity (Wildman–Crippen MR) is 73.0 cm³/mol. The second-order valence-corrected chi connectivity index (χ2v) is 5.37. The molecule has 0 aliphatic heterocycles. The molecule has 0 heterocycles. The van der Waals surface area contributed by atoms with Gasteiger partial charge in [-0.2, -0.15) is 0 Å². The number of halogens is 2. The third-order valence-electron chi connectivity index (χ3n) is 3.94. The van der Waals surface area contributed by atoms with Crippen molar-refractivity contribution in [2.45, 2.75) is 38.1 Å². The number of nitrogens with one attached hydrogen (secondary N) is 1. The molecule has 5 heteroatoms. The van der Waals surface area contributed by atoms with Gasteiger partial charge in [-0.15, -0.1) is 0 Å². The average Bonchev–Trinajstić information content (AvgIpc) is 2.93. The predicted octanol–water partition coefficient (Wildman–Crippen LogP) is 2.14. The van der Waals surface area contributed by atoms with Crippen molar-refractivity contribution in [2.24, 2.45) is 11.7 Å². The van der Waals surface area contributed by atoms with Gasteiger partial charge in [0.25, 0.3) is 0 Å². The molecular formula is C15H20F2N2O. The highest BCUT2D eigenvalue weighted by Crippen LogP contribution is 2.27. The molecule has 1 aliphatic rings. The van der Waals surface area contributed by atoms with Crippen LogP contribution in [-0.4, -0.2) is 18.5 Å². The van der Waals surface area contributed by atoms with Gasteiger partial charge < -0.3 is 11.1 Å². The van der Waals surface area contributed by atoms with Crippen molar-refractivity contribution in [1.29, 1.82) is 0 Å². The Balaban J connectivity index is 1.93. The van der Waals surface area contributed by atoms with Crippen LogP contribution >= 0.6 is 0 Å². The molecule has 2 rings (SSSR count). The van der Waals surface area contributed by atoms with Crippen LogP contribution in [0.2, 0.25) is 0 Å². The molecule has 3 nitrogen and oxygen atoms in total. The zero-order chi connectivity index (χ0) is 14.5. The minimum Gasteiger partial charge on any atom is -0.352 e. The topological polar surface area (TPSA) is 55.1 Å². The number of hydrogen-bond donors (Lipinski definition) is 2. The SMILES string of the molecule is NCC(NC(=O)Cc1ccc(F)cc1F)C1CCCC1. The first-order valence-electron chi connectivity index (χ1n) is 7.03. The molecular weight excluding hydrogens is 262 g/mol. The third-order valence-corrected chi connectivity index (χ3v) is 3.94. The lowest BCUT2D eigenvalue weighted by atomic mass is 9.98. The number of rotatable bonds is 5. The van der Waals surface area contributed by atoms with Crippen LogP contribution < -0.4 is 11.1 Å². The maximum absolute atomic E-state index is 13.5. The van der Waals surface area contributed by atoms with Gasteiger partial charge in [0.05, 0.1) is 6.42 Å². The molecule has 0 aromatic heterocycles. The molecule has 1 amide bonds. The summed E-state index contributed by atoms with van der Waals surface area (Å²) in [6, 6.07) is 3.20.